The fourth-order valence-corrected chi connectivity index (χ4v) is 3.15. The molecular weight excluding hydrogens is 232 g/mol. The molecule has 1 saturated carbocycles. The first-order chi connectivity index (χ1) is 8.63. The van der Waals surface area contributed by atoms with Crippen molar-refractivity contribution in [2.45, 2.75) is 25.2 Å². The van der Waals surface area contributed by atoms with Crippen LogP contribution < -0.4 is 5.32 Å². The highest BCUT2D eigenvalue weighted by Crippen LogP contribution is 2.54. The number of carbonyl (C=O) groups is 1. The normalized spacial score (nSPS) is 24.7. The van der Waals surface area contributed by atoms with Gasteiger partial charge in [0, 0.05) is 24.6 Å². The lowest BCUT2D eigenvalue weighted by Crippen LogP contribution is -2.40. The fourth-order valence-electron chi connectivity index (χ4n) is 3.15. The molecule has 1 heterocycles. The number of non-ortho nitro benzene ring substituents is 1. The predicted molar refractivity (Wildman–Crippen MR) is 65.1 cm³/mol. The molecule has 1 amide bonds. The maximum absolute atomic E-state index is 11.9. The molecule has 5 nitrogen and oxygen atoms in total. The van der Waals surface area contributed by atoms with Gasteiger partial charge in [0.2, 0.25) is 5.91 Å². The van der Waals surface area contributed by atoms with Gasteiger partial charge < -0.3 is 5.32 Å². The molecule has 2 aliphatic rings. The van der Waals surface area contributed by atoms with Gasteiger partial charge in [-0.05, 0) is 18.4 Å². The molecule has 3 rings (SSSR count). The van der Waals surface area contributed by atoms with Crippen molar-refractivity contribution >= 4 is 11.6 Å². The number of rotatable bonds is 2. The lowest BCUT2D eigenvalue weighted by molar-refractivity contribution is -0.384. The Morgan fingerprint density at radius 2 is 2.17 bits per heavy atom. The summed E-state index contributed by atoms with van der Waals surface area (Å²) in [6.45, 7) is 0.597. The molecule has 2 fully saturated rings. The van der Waals surface area contributed by atoms with Gasteiger partial charge in [-0.3, -0.25) is 14.9 Å². The van der Waals surface area contributed by atoms with E-state index >= 15 is 0 Å². The second kappa shape index (κ2) is 3.80. The zero-order chi connectivity index (χ0) is 12.8. The molecule has 1 spiro atoms. The van der Waals surface area contributed by atoms with Crippen LogP contribution in [0.5, 0.6) is 0 Å². The second-order valence-electron chi connectivity index (χ2n) is 5.12. The average Bonchev–Trinajstić information content (AvgIpc) is 2.66. The van der Waals surface area contributed by atoms with Crippen LogP contribution >= 0.6 is 0 Å². The van der Waals surface area contributed by atoms with E-state index in [0.29, 0.717) is 6.54 Å². The summed E-state index contributed by atoms with van der Waals surface area (Å²) < 4.78 is 0. The Balaban J connectivity index is 1.97. The van der Waals surface area contributed by atoms with Gasteiger partial charge in [-0.2, -0.15) is 0 Å². The topological polar surface area (TPSA) is 72.2 Å². The van der Waals surface area contributed by atoms with E-state index in [-0.39, 0.29) is 27.9 Å². The number of hydrogen-bond acceptors (Lipinski definition) is 3. The molecule has 1 atom stereocenters. The van der Waals surface area contributed by atoms with Crippen molar-refractivity contribution in [1.82, 2.24) is 5.32 Å². The number of hydrogen-bond donors (Lipinski definition) is 1. The van der Waals surface area contributed by atoms with Crippen molar-refractivity contribution in [3.8, 4) is 0 Å². The molecule has 1 N–H and O–H groups in total. The Morgan fingerprint density at radius 3 is 2.78 bits per heavy atom. The lowest BCUT2D eigenvalue weighted by atomic mass is 9.61. The van der Waals surface area contributed by atoms with E-state index in [1.54, 1.807) is 12.1 Å². The zero-order valence-electron chi connectivity index (χ0n) is 9.89. The van der Waals surface area contributed by atoms with Gasteiger partial charge in [0.1, 0.15) is 0 Å². The minimum Gasteiger partial charge on any atom is -0.355 e. The summed E-state index contributed by atoms with van der Waals surface area (Å²) in [5.41, 5.74) is 0.707. The zero-order valence-corrected chi connectivity index (χ0v) is 9.89. The molecule has 1 aliphatic carbocycles. The first-order valence-corrected chi connectivity index (χ1v) is 6.16. The number of amides is 1. The van der Waals surface area contributed by atoms with Crippen molar-refractivity contribution in [3.05, 3.63) is 39.9 Å². The third kappa shape index (κ3) is 1.43. The van der Waals surface area contributed by atoms with E-state index in [2.05, 4.69) is 5.32 Å². The highest BCUT2D eigenvalue weighted by atomic mass is 16.6. The van der Waals surface area contributed by atoms with E-state index in [1.165, 1.54) is 6.07 Å². The molecule has 0 bridgehead atoms. The summed E-state index contributed by atoms with van der Waals surface area (Å²) in [4.78, 5) is 22.3. The third-order valence-electron chi connectivity index (χ3n) is 4.32. The van der Waals surface area contributed by atoms with Crippen LogP contribution in [0, 0.1) is 15.5 Å². The molecule has 0 unspecified atom stereocenters. The Hall–Kier alpha value is -1.91. The van der Waals surface area contributed by atoms with Crippen molar-refractivity contribution in [3.63, 3.8) is 0 Å². The van der Waals surface area contributed by atoms with Crippen molar-refractivity contribution in [1.29, 1.82) is 0 Å². The SMILES string of the molecule is O=C1NC[C@H](c2cccc([N+](=O)[O-])c2)C12CCC2. The average molecular weight is 246 g/mol. The summed E-state index contributed by atoms with van der Waals surface area (Å²) in [5, 5.41) is 13.7. The van der Waals surface area contributed by atoms with Gasteiger partial charge in [-0.1, -0.05) is 18.6 Å². The third-order valence-corrected chi connectivity index (χ3v) is 4.32. The Kier molecular flexibility index (Phi) is 2.36. The minimum absolute atomic E-state index is 0.0821. The maximum atomic E-state index is 11.9. The van der Waals surface area contributed by atoms with E-state index in [9.17, 15) is 14.9 Å². The number of benzene rings is 1. The van der Waals surface area contributed by atoms with Gasteiger partial charge in [0.25, 0.3) is 5.69 Å². The monoisotopic (exact) mass is 246 g/mol. The summed E-state index contributed by atoms with van der Waals surface area (Å²) in [7, 11) is 0. The van der Waals surface area contributed by atoms with Gasteiger partial charge in [0.05, 0.1) is 10.3 Å². The van der Waals surface area contributed by atoms with Gasteiger partial charge in [-0.25, -0.2) is 0 Å². The Morgan fingerprint density at radius 1 is 1.39 bits per heavy atom. The largest absolute Gasteiger partial charge is 0.355 e. The first kappa shape index (κ1) is 11.2. The molecule has 94 valence electrons. The number of nitro groups is 1. The molecular formula is C13H14N2O3. The molecule has 18 heavy (non-hydrogen) atoms. The number of nitro benzene ring substituents is 1. The second-order valence-corrected chi connectivity index (χ2v) is 5.12. The number of nitrogens with zero attached hydrogens (tertiary/aromatic N) is 1. The minimum atomic E-state index is -0.388. The highest BCUT2D eigenvalue weighted by Gasteiger charge is 2.54. The fraction of sp³-hybridized carbons (Fsp3) is 0.462. The molecule has 5 heteroatoms. The van der Waals surface area contributed by atoms with Crippen LogP contribution in [0.3, 0.4) is 0 Å². The summed E-state index contributed by atoms with van der Waals surface area (Å²) in [6.07, 6.45) is 2.86. The highest BCUT2D eigenvalue weighted by molar-refractivity contribution is 5.87. The van der Waals surface area contributed by atoms with Gasteiger partial charge >= 0.3 is 0 Å². The van der Waals surface area contributed by atoms with E-state index in [0.717, 1.165) is 24.8 Å². The lowest BCUT2D eigenvalue weighted by Gasteiger charge is -2.40. The predicted octanol–water partition coefficient (Wildman–Crippen LogP) is 1.98. The van der Waals surface area contributed by atoms with Crippen LogP contribution in [-0.4, -0.2) is 17.4 Å². The molecule has 1 aliphatic heterocycles. The summed E-state index contributed by atoms with van der Waals surface area (Å²) in [5.74, 6) is 0.198. The smallest absolute Gasteiger partial charge is 0.269 e. The van der Waals surface area contributed by atoms with Crippen molar-refractivity contribution in [2.24, 2.45) is 5.41 Å². The van der Waals surface area contributed by atoms with E-state index in [4.69, 9.17) is 0 Å². The Labute approximate surface area is 104 Å². The number of carbonyl (C=O) groups excluding carboxylic acids is 1. The number of nitrogens with one attached hydrogen (secondary N) is 1. The molecule has 1 saturated heterocycles. The van der Waals surface area contributed by atoms with Crippen LogP contribution in [0.4, 0.5) is 5.69 Å². The van der Waals surface area contributed by atoms with Crippen LogP contribution in [0.25, 0.3) is 0 Å². The molecule has 1 aromatic carbocycles. The van der Waals surface area contributed by atoms with Gasteiger partial charge in [0.15, 0.2) is 0 Å². The first-order valence-electron chi connectivity index (χ1n) is 6.16. The van der Waals surface area contributed by atoms with Crippen molar-refractivity contribution in [2.75, 3.05) is 6.54 Å². The molecule has 0 aromatic heterocycles. The standard InChI is InChI=1S/C13H14N2O3/c16-12-13(5-2-6-13)11(8-14-12)9-3-1-4-10(7-9)15(17)18/h1,3-4,7,11H,2,5-6,8H2,(H,14,16)/t11-/m1/s1. The molecule has 0 radical (unpaired) electrons. The van der Waals surface area contributed by atoms with Crippen molar-refractivity contribution < 1.29 is 9.72 Å². The quantitative estimate of drug-likeness (QED) is 0.640. The molecule has 1 aromatic rings. The van der Waals surface area contributed by atoms with Gasteiger partial charge in [-0.15, -0.1) is 0 Å². The maximum Gasteiger partial charge on any atom is 0.269 e. The van der Waals surface area contributed by atoms with Crippen LogP contribution in [0.1, 0.15) is 30.7 Å². The van der Waals surface area contributed by atoms with Crippen LogP contribution in [0.15, 0.2) is 24.3 Å². The summed E-state index contributed by atoms with van der Waals surface area (Å²) >= 11 is 0. The van der Waals surface area contributed by atoms with Crippen LogP contribution in [-0.2, 0) is 4.79 Å². The summed E-state index contributed by atoms with van der Waals surface area (Å²) in [6, 6.07) is 6.67. The van der Waals surface area contributed by atoms with E-state index in [1.807, 2.05) is 6.07 Å². The van der Waals surface area contributed by atoms with Crippen LogP contribution in [0.2, 0.25) is 0 Å². The van der Waals surface area contributed by atoms with E-state index < -0.39 is 0 Å². The Bertz CT molecular complexity index is 523.